The Hall–Kier alpha value is -2.68. The molecule has 0 atom stereocenters. The maximum absolute atomic E-state index is 11.8. The molecule has 3 heteroatoms. The van der Waals surface area contributed by atoms with Gasteiger partial charge >= 0.3 is 5.97 Å². The van der Waals surface area contributed by atoms with E-state index in [0.717, 1.165) is 11.1 Å². The Labute approximate surface area is 118 Å². The summed E-state index contributed by atoms with van der Waals surface area (Å²) in [6, 6.07) is 18.6. The van der Waals surface area contributed by atoms with Crippen LogP contribution in [-0.4, -0.2) is 11.8 Å². The summed E-state index contributed by atoms with van der Waals surface area (Å²) in [5, 5.41) is 9.49. The number of carbonyl (C=O) groups excluding carboxylic acids is 2. The van der Waals surface area contributed by atoms with E-state index in [4.69, 9.17) is 0 Å². The smallest absolute Gasteiger partial charge is 0.289 e. The molecule has 0 aliphatic heterocycles. The number of benzene rings is 2. The van der Waals surface area contributed by atoms with Crippen LogP contribution in [0.3, 0.4) is 0 Å². The van der Waals surface area contributed by atoms with Crippen molar-refractivity contribution >= 4 is 11.8 Å². The van der Waals surface area contributed by atoms with Gasteiger partial charge in [-0.3, -0.25) is 4.79 Å². The van der Waals surface area contributed by atoms with E-state index in [2.05, 4.69) is 6.58 Å². The van der Waals surface area contributed by atoms with Crippen LogP contribution >= 0.6 is 0 Å². The van der Waals surface area contributed by atoms with Crippen molar-refractivity contribution in [2.45, 2.75) is 6.92 Å². The predicted octanol–water partition coefficient (Wildman–Crippen LogP) is 3.44. The van der Waals surface area contributed by atoms with Gasteiger partial charge in [0.2, 0.25) is 0 Å². The second-order valence-corrected chi connectivity index (χ2v) is 4.13. The third kappa shape index (κ3) is 4.90. The first-order valence-electron chi connectivity index (χ1n) is 6.04. The van der Waals surface area contributed by atoms with E-state index >= 15 is 0 Å². The molecule has 0 unspecified atom stereocenters. The van der Waals surface area contributed by atoms with E-state index in [-0.39, 0.29) is 11.4 Å². The second kappa shape index (κ2) is 7.69. The third-order valence-corrected chi connectivity index (χ3v) is 2.42. The van der Waals surface area contributed by atoms with Crippen molar-refractivity contribution in [3.05, 3.63) is 83.9 Å². The van der Waals surface area contributed by atoms with E-state index in [1.165, 1.54) is 6.92 Å². The molecule has 0 aliphatic carbocycles. The molecule has 2 rings (SSSR count). The van der Waals surface area contributed by atoms with Gasteiger partial charge in [-0.2, -0.15) is 0 Å². The summed E-state index contributed by atoms with van der Waals surface area (Å²) in [5.74, 6) is -1.11. The molecule has 0 bridgehead atoms. The largest absolute Gasteiger partial charge is 0.381 e. The second-order valence-electron chi connectivity index (χ2n) is 4.13. The standard InChI is InChI=1S/C13H10O.C4H5O2/c14-13(11-7-3-1-4-8-11)12-9-5-2-6-10-12;1-3(2)4(5)6/h1-10H;1H2,2H3. The molecule has 3 nitrogen and oxygen atoms in total. The first kappa shape index (κ1) is 15.4. The highest BCUT2D eigenvalue weighted by Gasteiger charge is 2.06. The topological polar surface area (TPSA) is 54.0 Å². The lowest BCUT2D eigenvalue weighted by Crippen LogP contribution is -1.99. The van der Waals surface area contributed by atoms with Crippen molar-refractivity contribution in [2.75, 3.05) is 0 Å². The average molecular weight is 267 g/mol. The van der Waals surface area contributed by atoms with Gasteiger partial charge in [-0.15, -0.1) is 0 Å². The van der Waals surface area contributed by atoms with Crippen LogP contribution in [0.1, 0.15) is 22.8 Å². The van der Waals surface area contributed by atoms with Crippen molar-refractivity contribution < 1.29 is 14.7 Å². The molecular weight excluding hydrogens is 252 g/mol. The summed E-state index contributed by atoms with van der Waals surface area (Å²) in [4.78, 5) is 21.3. The van der Waals surface area contributed by atoms with E-state index in [0.29, 0.717) is 0 Å². The fourth-order valence-electron chi connectivity index (χ4n) is 1.35. The molecule has 0 amide bonds. The highest BCUT2D eigenvalue weighted by atomic mass is 16.4. The van der Waals surface area contributed by atoms with Crippen LogP contribution in [0.15, 0.2) is 72.8 Å². The zero-order valence-corrected chi connectivity index (χ0v) is 11.2. The molecule has 2 aromatic carbocycles. The number of hydrogen-bond donors (Lipinski definition) is 0. The maximum atomic E-state index is 11.8. The molecule has 0 aliphatic rings. The van der Waals surface area contributed by atoms with Gasteiger partial charge in [-0.05, 0) is 6.92 Å². The fraction of sp³-hybridized carbons (Fsp3) is 0.0588. The van der Waals surface area contributed by atoms with E-state index in [9.17, 15) is 14.7 Å². The van der Waals surface area contributed by atoms with E-state index in [1.54, 1.807) is 0 Å². The number of rotatable bonds is 3. The van der Waals surface area contributed by atoms with Gasteiger partial charge in [0.15, 0.2) is 5.78 Å². The van der Waals surface area contributed by atoms with Crippen LogP contribution in [0.2, 0.25) is 0 Å². The normalized spacial score (nSPS) is 9.05. The predicted molar refractivity (Wildman–Crippen MR) is 76.8 cm³/mol. The summed E-state index contributed by atoms with van der Waals surface area (Å²) in [7, 11) is 0. The zero-order valence-electron chi connectivity index (χ0n) is 11.2. The van der Waals surface area contributed by atoms with Gasteiger partial charge in [0, 0.05) is 16.7 Å². The van der Waals surface area contributed by atoms with Crippen LogP contribution in [-0.2, 0) is 9.90 Å². The highest BCUT2D eigenvalue weighted by Crippen LogP contribution is 2.08. The quantitative estimate of drug-likeness (QED) is 0.632. The maximum Gasteiger partial charge on any atom is 0.381 e. The lowest BCUT2D eigenvalue weighted by Gasteiger charge is -1.99. The van der Waals surface area contributed by atoms with Crippen LogP contribution in [0.4, 0.5) is 0 Å². The summed E-state index contributed by atoms with van der Waals surface area (Å²) in [6.45, 7) is 4.48. The molecule has 0 saturated heterocycles. The Kier molecular flexibility index (Phi) is 5.91. The van der Waals surface area contributed by atoms with Crippen molar-refractivity contribution in [2.24, 2.45) is 0 Å². The van der Waals surface area contributed by atoms with Gasteiger partial charge in [0.1, 0.15) is 0 Å². The van der Waals surface area contributed by atoms with Gasteiger partial charge in [-0.25, -0.2) is 9.90 Å². The highest BCUT2D eigenvalue weighted by molar-refractivity contribution is 6.08. The number of ketones is 1. The van der Waals surface area contributed by atoms with Crippen LogP contribution in [0.5, 0.6) is 0 Å². The van der Waals surface area contributed by atoms with Crippen LogP contribution < -0.4 is 0 Å². The Balaban J connectivity index is 0.000000286. The summed E-state index contributed by atoms with van der Waals surface area (Å²) in [5.41, 5.74) is 1.53. The zero-order chi connectivity index (χ0) is 15.0. The molecule has 0 aromatic heterocycles. The average Bonchev–Trinajstić information content (AvgIpc) is 2.49. The summed E-state index contributed by atoms with van der Waals surface area (Å²) < 4.78 is 0. The van der Waals surface area contributed by atoms with Gasteiger partial charge in [0.05, 0.1) is 0 Å². The van der Waals surface area contributed by atoms with Gasteiger partial charge in [-0.1, -0.05) is 67.2 Å². The number of hydrogen-bond acceptors (Lipinski definition) is 2. The van der Waals surface area contributed by atoms with Crippen LogP contribution in [0.25, 0.3) is 0 Å². The molecule has 0 spiro atoms. The van der Waals surface area contributed by atoms with Crippen molar-refractivity contribution in [3.8, 4) is 0 Å². The molecule has 0 fully saturated rings. The van der Waals surface area contributed by atoms with E-state index < -0.39 is 5.97 Å². The first-order chi connectivity index (χ1) is 9.52. The minimum Gasteiger partial charge on any atom is -0.289 e. The van der Waals surface area contributed by atoms with Crippen LogP contribution in [0, 0.1) is 0 Å². The fourth-order valence-corrected chi connectivity index (χ4v) is 1.35. The lowest BCUT2D eigenvalue weighted by molar-refractivity contribution is -0.138. The first-order valence-corrected chi connectivity index (χ1v) is 6.04. The summed E-state index contributed by atoms with van der Waals surface area (Å²) in [6.07, 6.45) is 0. The molecule has 2 aromatic rings. The molecule has 1 radical (unpaired) electrons. The molecule has 0 N–H and O–H groups in total. The van der Waals surface area contributed by atoms with Crippen molar-refractivity contribution in [1.29, 1.82) is 0 Å². The molecule has 20 heavy (non-hydrogen) atoms. The Bertz CT molecular complexity index is 533. The Morgan fingerprint density at radius 2 is 1.10 bits per heavy atom. The molecule has 0 saturated carbocycles. The third-order valence-electron chi connectivity index (χ3n) is 2.42. The monoisotopic (exact) mass is 267 g/mol. The lowest BCUT2D eigenvalue weighted by atomic mass is 10.0. The molecule has 101 valence electrons. The minimum atomic E-state index is -1.19. The van der Waals surface area contributed by atoms with Gasteiger partial charge < -0.3 is 0 Å². The minimum absolute atomic E-state index is 0.0648. The van der Waals surface area contributed by atoms with Crippen molar-refractivity contribution in [3.63, 3.8) is 0 Å². The SMILES string of the molecule is C=C(C)C([O])=O.O=C(c1ccccc1)c1ccccc1. The molecular formula is C17H15O3. The Morgan fingerprint density at radius 1 is 0.800 bits per heavy atom. The summed E-state index contributed by atoms with van der Waals surface area (Å²) >= 11 is 0. The Morgan fingerprint density at radius 3 is 1.35 bits per heavy atom. The van der Waals surface area contributed by atoms with Crippen molar-refractivity contribution in [1.82, 2.24) is 0 Å². The molecule has 0 heterocycles. The van der Waals surface area contributed by atoms with E-state index in [1.807, 2.05) is 60.7 Å². The number of carbonyl (C=O) groups is 2. The van der Waals surface area contributed by atoms with Gasteiger partial charge in [0.25, 0.3) is 0 Å².